The normalized spacial score (nSPS) is 22.9. The number of carbonyl (C=O) groups is 1. The first kappa shape index (κ1) is 19.0. The molecule has 1 amide bonds. The zero-order valence-electron chi connectivity index (χ0n) is 16.0. The Morgan fingerprint density at radius 3 is 2.73 bits per heavy atom. The smallest absolute Gasteiger partial charge is 0.256 e. The predicted octanol–water partition coefficient (Wildman–Crippen LogP) is 3.53. The molecule has 2 bridgehead atoms. The summed E-state index contributed by atoms with van der Waals surface area (Å²) in [5, 5.41) is 8.56. The maximum absolute atomic E-state index is 14.6. The van der Waals surface area contributed by atoms with Crippen LogP contribution in [0.5, 0.6) is 5.88 Å². The number of nitrogens with zero attached hydrogens (tertiary/aromatic N) is 5. The van der Waals surface area contributed by atoms with Gasteiger partial charge in [0.25, 0.3) is 5.91 Å². The Kier molecular flexibility index (Phi) is 4.86. The minimum atomic E-state index is -0.544. The van der Waals surface area contributed by atoms with Crippen LogP contribution in [0.3, 0.4) is 0 Å². The highest BCUT2D eigenvalue weighted by molar-refractivity contribution is 6.30. The van der Waals surface area contributed by atoms with Crippen molar-refractivity contribution in [3.8, 4) is 11.6 Å². The highest BCUT2D eigenvalue weighted by Gasteiger charge is 2.45. The SMILES string of the molecule is O=C(c1cccc(F)c1-n1nccn1)N1C[C@@H]2CC[C@H]1[C@H](Oc1ccc(Cl)cn1)C2. The molecule has 4 heterocycles. The van der Waals surface area contributed by atoms with Gasteiger partial charge in [-0.3, -0.25) is 4.79 Å². The third-order valence-electron chi connectivity index (χ3n) is 5.79. The zero-order chi connectivity index (χ0) is 20.7. The van der Waals surface area contributed by atoms with E-state index in [1.807, 2.05) is 0 Å². The molecule has 7 nitrogen and oxygen atoms in total. The number of benzene rings is 1. The van der Waals surface area contributed by atoms with Crippen molar-refractivity contribution in [2.24, 2.45) is 5.92 Å². The fraction of sp³-hybridized carbons (Fsp3) is 0.333. The molecule has 3 aliphatic rings. The Morgan fingerprint density at radius 2 is 2.00 bits per heavy atom. The number of amides is 1. The summed E-state index contributed by atoms with van der Waals surface area (Å²) in [6.07, 6.45) is 7.00. The van der Waals surface area contributed by atoms with E-state index < -0.39 is 5.82 Å². The molecule has 2 aliphatic heterocycles. The van der Waals surface area contributed by atoms with Gasteiger partial charge in [0.05, 0.1) is 29.0 Å². The molecule has 1 aromatic carbocycles. The van der Waals surface area contributed by atoms with Crippen LogP contribution in [0.2, 0.25) is 5.02 Å². The number of piperidine rings is 2. The second-order valence-electron chi connectivity index (χ2n) is 7.63. The fourth-order valence-electron chi connectivity index (χ4n) is 4.46. The number of halogens is 2. The molecule has 0 spiro atoms. The van der Waals surface area contributed by atoms with Crippen LogP contribution in [0.25, 0.3) is 5.69 Å². The van der Waals surface area contributed by atoms with E-state index in [9.17, 15) is 9.18 Å². The van der Waals surface area contributed by atoms with E-state index in [4.69, 9.17) is 16.3 Å². The topological polar surface area (TPSA) is 73.1 Å². The van der Waals surface area contributed by atoms with Crippen molar-refractivity contribution >= 4 is 17.5 Å². The number of pyridine rings is 1. The maximum Gasteiger partial charge on any atom is 0.256 e. The average molecular weight is 428 g/mol. The van der Waals surface area contributed by atoms with Gasteiger partial charge < -0.3 is 9.64 Å². The number of para-hydroxylation sites is 1. The second kappa shape index (κ2) is 7.68. The van der Waals surface area contributed by atoms with Gasteiger partial charge in [-0.05, 0) is 43.4 Å². The summed E-state index contributed by atoms with van der Waals surface area (Å²) in [6, 6.07) is 7.79. The summed E-state index contributed by atoms with van der Waals surface area (Å²) in [7, 11) is 0. The van der Waals surface area contributed by atoms with Gasteiger partial charge in [-0.1, -0.05) is 17.7 Å². The van der Waals surface area contributed by atoms with E-state index in [0.29, 0.717) is 23.4 Å². The largest absolute Gasteiger partial charge is 0.472 e. The van der Waals surface area contributed by atoms with Crippen LogP contribution in [0.15, 0.2) is 48.9 Å². The van der Waals surface area contributed by atoms with Gasteiger partial charge in [0.15, 0.2) is 5.82 Å². The molecule has 3 fully saturated rings. The van der Waals surface area contributed by atoms with Crippen molar-refractivity contribution in [2.45, 2.75) is 31.4 Å². The third kappa shape index (κ3) is 3.41. The molecular weight excluding hydrogens is 409 g/mol. The summed E-state index contributed by atoms with van der Waals surface area (Å²) in [5.41, 5.74) is 0.299. The molecule has 0 radical (unpaired) electrons. The van der Waals surface area contributed by atoms with Gasteiger partial charge in [0, 0.05) is 18.8 Å². The standard InChI is InChI=1S/C21H19ClFN5O2/c22-14-5-7-19(24-11-14)30-18-10-13-4-6-17(18)27(12-13)21(29)15-2-1-3-16(23)20(15)28-25-8-9-26-28/h1-3,5,7-9,11,13,17-18H,4,6,10,12H2/t13-,17+,18-/m1/s1. The van der Waals surface area contributed by atoms with Crippen LogP contribution in [0.4, 0.5) is 4.39 Å². The van der Waals surface area contributed by atoms with Gasteiger partial charge >= 0.3 is 0 Å². The van der Waals surface area contributed by atoms with E-state index in [2.05, 4.69) is 15.2 Å². The lowest BCUT2D eigenvalue weighted by molar-refractivity contribution is -0.0313. The van der Waals surface area contributed by atoms with Gasteiger partial charge in [-0.25, -0.2) is 9.37 Å². The molecule has 0 unspecified atom stereocenters. The van der Waals surface area contributed by atoms with Gasteiger partial charge in [0.2, 0.25) is 5.88 Å². The number of aromatic nitrogens is 4. The van der Waals surface area contributed by atoms with Crippen molar-refractivity contribution < 1.29 is 13.9 Å². The Balaban J connectivity index is 1.44. The van der Waals surface area contributed by atoms with Crippen LogP contribution < -0.4 is 4.74 Å². The number of fused-ring (bicyclic) bond motifs is 3. The Hall–Kier alpha value is -3.00. The van der Waals surface area contributed by atoms with Crippen LogP contribution in [0.1, 0.15) is 29.6 Å². The Bertz CT molecular complexity index is 1060. The fourth-order valence-corrected chi connectivity index (χ4v) is 4.57. The second-order valence-corrected chi connectivity index (χ2v) is 8.07. The maximum atomic E-state index is 14.6. The summed E-state index contributed by atoms with van der Waals surface area (Å²) in [4.78, 5) is 20.7. The van der Waals surface area contributed by atoms with Gasteiger partial charge in [-0.15, -0.1) is 4.80 Å². The average Bonchev–Trinajstić information content (AvgIpc) is 3.29. The van der Waals surface area contributed by atoms with Crippen molar-refractivity contribution in [3.05, 3.63) is 65.3 Å². The van der Waals surface area contributed by atoms with Crippen LogP contribution >= 0.6 is 11.6 Å². The lowest BCUT2D eigenvalue weighted by atomic mass is 9.77. The van der Waals surface area contributed by atoms with Crippen molar-refractivity contribution in [3.63, 3.8) is 0 Å². The lowest BCUT2D eigenvalue weighted by Crippen LogP contribution is -2.59. The molecule has 2 aromatic heterocycles. The number of hydrogen-bond acceptors (Lipinski definition) is 5. The van der Waals surface area contributed by atoms with E-state index in [1.54, 1.807) is 23.1 Å². The lowest BCUT2D eigenvalue weighted by Gasteiger charge is -2.49. The Labute approximate surface area is 177 Å². The number of ether oxygens (including phenoxy) is 1. The summed E-state index contributed by atoms with van der Waals surface area (Å²) >= 11 is 5.91. The van der Waals surface area contributed by atoms with E-state index >= 15 is 0 Å². The first-order valence-electron chi connectivity index (χ1n) is 9.84. The summed E-state index contributed by atoms with van der Waals surface area (Å²) < 4.78 is 20.7. The highest BCUT2D eigenvalue weighted by Crippen LogP contribution is 2.38. The first-order valence-corrected chi connectivity index (χ1v) is 10.2. The van der Waals surface area contributed by atoms with Crippen molar-refractivity contribution in [2.75, 3.05) is 6.54 Å². The summed E-state index contributed by atoms with van der Waals surface area (Å²) in [5.74, 6) is 0.0267. The third-order valence-corrected chi connectivity index (χ3v) is 6.01. The highest BCUT2D eigenvalue weighted by atomic mass is 35.5. The Morgan fingerprint density at radius 1 is 1.17 bits per heavy atom. The van der Waals surface area contributed by atoms with E-state index in [-0.39, 0.29) is 29.3 Å². The van der Waals surface area contributed by atoms with Crippen LogP contribution in [-0.4, -0.2) is 49.5 Å². The quantitative estimate of drug-likeness (QED) is 0.637. The van der Waals surface area contributed by atoms with E-state index in [1.165, 1.54) is 30.7 Å². The van der Waals surface area contributed by atoms with Gasteiger partial charge in [0.1, 0.15) is 11.8 Å². The first-order chi connectivity index (χ1) is 14.6. The number of rotatable bonds is 4. The molecule has 1 aliphatic carbocycles. The minimum absolute atomic E-state index is 0.0609. The van der Waals surface area contributed by atoms with Crippen molar-refractivity contribution in [1.82, 2.24) is 24.9 Å². The monoisotopic (exact) mass is 427 g/mol. The molecule has 3 aromatic rings. The van der Waals surface area contributed by atoms with E-state index in [0.717, 1.165) is 24.1 Å². The van der Waals surface area contributed by atoms with Crippen LogP contribution in [-0.2, 0) is 0 Å². The molecule has 0 N–H and O–H groups in total. The molecular formula is C21H19ClFN5O2. The molecule has 6 rings (SSSR count). The predicted molar refractivity (Wildman–Crippen MR) is 107 cm³/mol. The van der Waals surface area contributed by atoms with Crippen molar-refractivity contribution in [1.29, 1.82) is 0 Å². The molecule has 30 heavy (non-hydrogen) atoms. The number of hydrogen-bond donors (Lipinski definition) is 0. The molecule has 3 atom stereocenters. The summed E-state index contributed by atoms with van der Waals surface area (Å²) in [6.45, 7) is 0.625. The molecule has 2 saturated heterocycles. The zero-order valence-corrected chi connectivity index (χ0v) is 16.7. The minimum Gasteiger partial charge on any atom is -0.472 e. The molecule has 9 heteroatoms. The van der Waals surface area contributed by atoms with Crippen LogP contribution in [0, 0.1) is 11.7 Å². The molecule has 1 saturated carbocycles. The number of carbonyl (C=O) groups excluding carboxylic acids is 1. The molecule has 154 valence electrons. The van der Waals surface area contributed by atoms with Gasteiger partial charge in [-0.2, -0.15) is 10.2 Å².